The van der Waals surface area contributed by atoms with E-state index in [2.05, 4.69) is 42.3 Å². The van der Waals surface area contributed by atoms with Gasteiger partial charge in [-0.15, -0.1) is 0 Å². The molecule has 2 aromatic carbocycles. The third-order valence-electron chi connectivity index (χ3n) is 3.33. The number of halogens is 1. The molecule has 0 saturated carbocycles. The minimum atomic E-state index is -0.205. The molecule has 106 valence electrons. The minimum Gasteiger partial charge on any atom is -0.341 e. The van der Waals surface area contributed by atoms with Crippen LogP contribution in [-0.4, -0.2) is 13.6 Å². The van der Waals surface area contributed by atoms with Gasteiger partial charge in [-0.1, -0.05) is 23.8 Å². The summed E-state index contributed by atoms with van der Waals surface area (Å²) in [6, 6.07) is 13.1. The summed E-state index contributed by atoms with van der Waals surface area (Å²) in [4.78, 5) is 2.13. The monoisotopic (exact) mass is 272 g/mol. The first kappa shape index (κ1) is 14.5. The van der Waals surface area contributed by atoms with Crippen molar-refractivity contribution in [2.75, 3.05) is 18.5 Å². The molecule has 0 aromatic heterocycles. The summed E-state index contributed by atoms with van der Waals surface area (Å²) in [7, 11) is 1.94. The standard InChI is InChI=1S/C17H21FN2/c1-4-20(16-7-5-6-15(18)11-16)17-9-8-13(2)10-14(17)12-19-3/h5-11,19H,4,12H2,1-3H3. The third-order valence-corrected chi connectivity index (χ3v) is 3.33. The van der Waals surface area contributed by atoms with Gasteiger partial charge >= 0.3 is 0 Å². The molecule has 0 bridgehead atoms. The lowest BCUT2D eigenvalue weighted by Crippen LogP contribution is -2.19. The molecular formula is C17H21FN2. The van der Waals surface area contributed by atoms with Crippen LogP contribution in [0.2, 0.25) is 0 Å². The van der Waals surface area contributed by atoms with E-state index in [1.807, 2.05) is 13.1 Å². The zero-order valence-corrected chi connectivity index (χ0v) is 12.3. The molecule has 1 N–H and O–H groups in total. The average Bonchev–Trinajstić information content (AvgIpc) is 2.42. The Hall–Kier alpha value is -1.87. The van der Waals surface area contributed by atoms with Crippen LogP contribution in [-0.2, 0) is 6.54 Å². The van der Waals surface area contributed by atoms with Crippen LogP contribution in [0.5, 0.6) is 0 Å². The molecule has 0 aliphatic carbocycles. The van der Waals surface area contributed by atoms with Crippen LogP contribution in [0.15, 0.2) is 42.5 Å². The zero-order valence-electron chi connectivity index (χ0n) is 12.3. The van der Waals surface area contributed by atoms with E-state index in [-0.39, 0.29) is 5.82 Å². The second-order valence-electron chi connectivity index (χ2n) is 4.89. The van der Waals surface area contributed by atoms with Gasteiger partial charge in [-0.2, -0.15) is 0 Å². The van der Waals surface area contributed by atoms with Gasteiger partial charge in [-0.05, 0) is 50.7 Å². The van der Waals surface area contributed by atoms with Gasteiger partial charge in [-0.25, -0.2) is 4.39 Å². The summed E-state index contributed by atoms with van der Waals surface area (Å²) >= 11 is 0. The number of rotatable bonds is 5. The number of aryl methyl sites for hydroxylation is 1. The topological polar surface area (TPSA) is 15.3 Å². The first-order chi connectivity index (χ1) is 9.65. The van der Waals surface area contributed by atoms with Gasteiger partial charge in [0.25, 0.3) is 0 Å². The van der Waals surface area contributed by atoms with Crippen molar-refractivity contribution in [2.45, 2.75) is 20.4 Å². The van der Waals surface area contributed by atoms with Crippen LogP contribution in [0.1, 0.15) is 18.1 Å². The Morgan fingerprint density at radius 2 is 1.95 bits per heavy atom. The number of hydrogen-bond donors (Lipinski definition) is 1. The molecule has 0 saturated heterocycles. The number of benzene rings is 2. The Morgan fingerprint density at radius 3 is 2.60 bits per heavy atom. The largest absolute Gasteiger partial charge is 0.341 e. The van der Waals surface area contributed by atoms with Crippen molar-refractivity contribution >= 4 is 11.4 Å². The van der Waals surface area contributed by atoms with Crippen molar-refractivity contribution in [3.8, 4) is 0 Å². The van der Waals surface area contributed by atoms with Gasteiger partial charge in [0.2, 0.25) is 0 Å². The number of hydrogen-bond acceptors (Lipinski definition) is 2. The molecule has 0 aliphatic heterocycles. The van der Waals surface area contributed by atoms with Crippen molar-refractivity contribution < 1.29 is 4.39 Å². The van der Waals surface area contributed by atoms with E-state index in [1.165, 1.54) is 17.2 Å². The van der Waals surface area contributed by atoms with Gasteiger partial charge in [0, 0.05) is 24.5 Å². The Balaban J connectivity index is 2.46. The second-order valence-corrected chi connectivity index (χ2v) is 4.89. The van der Waals surface area contributed by atoms with E-state index in [4.69, 9.17) is 0 Å². The normalized spacial score (nSPS) is 10.6. The molecule has 20 heavy (non-hydrogen) atoms. The fraction of sp³-hybridized carbons (Fsp3) is 0.294. The Labute approximate surface area is 120 Å². The molecule has 0 heterocycles. The number of anilines is 2. The van der Waals surface area contributed by atoms with Crippen LogP contribution >= 0.6 is 0 Å². The summed E-state index contributed by atoms with van der Waals surface area (Å²) in [5.41, 5.74) is 4.46. The van der Waals surface area contributed by atoms with Crippen LogP contribution in [0.3, 0.4) is 0 Å². The van der Waals surface area contributed by atoms with Gasteiger partial charge in [-0.3, -0.25) is 0 Å². The fourth-order valence-corrected chi connectivity index (χ4v) is 2.45. The number of nitrogens with one attached hydrogen (secondary N) is 1. The van der Waals surface area contributed by atoms with E-state index in [1.54, 1.807) is 12.1 Å². The van der Waals surface area contributed by atoms with Gasteiger partial charge < -0.3 is 10.2 Å². The second kappa shape index (κ2) is 6.53. The molecule has 0 atom stereocenters. The van der Waals surface area contributed by atoms with Gasteiger partial charge in [0.1, 0.15) is 5.82 Å². The Bertz CT molecular complexity index is 581. The van der Waals surface area contributed by atoms with Crippen molar-refractivity contribution in [3.05, 3.63) is 59.4 Å². The third kappa shape index (κ3) is 3.17. The predicted octanol–water partition coefficient (Wildman–Crippen LogP) is 4.01. The highest BCUT2D eigenvalue weighted by molar-refractivity contribution is 5.67. The first-order valence-electron chi connectivity index (χ1n) is 6.93. The highest BCUT2D eigenvalue weighted by atomic mass is 19.1. The summed E-state index contributed by atoms with van der Waals surface area (Å²) in [6.07, 6.45) is 0. The van der Waals surface area contributed by atoms with Crippen LogP contribution < -0.4 is 10.2 Å². The molecule has 0 aliphatic rings. The lowest BCUT2D eigenvalue weighted by Gasteiger charge is -2.26. The molecule has 0 spiro atoms. The van der Waals surface area contributed by atoms with Crippen LogP contribution in [0.4, 0.5) is 15.8 Å². The summed E-state index contributed by atoms with van der Waals surface area (Å²) in [5.74, 6) is -0.205. The zero-order chi connectivity index (χ0) is 14.5. The van der Waals surface area contributed by atoms with Gasteiger partial charge in [0.15, 0.2) is 0 Å². The predicted molar refractivity (Wildman–Crippen MR) is 83.0 cm³/mol. The van der Waals surface area contributed by atoms with E-state index < -0.39 is 0 Å². The average molecular weight is 272 g/mol. The molecular weight excluding hydrogens is 251 g/mol. The Kier molecular flexibility index (Phi) is 4.74. The lowest BCUT2D eigenvalue weighted by molar-refractivity contribution is 0.627. The molecule has 0 amide bonds. The summed E-state index contributed by atoms with van der Waals surface area (Å²) < 4.78 is 13.5. The molecule has 0 radical (unpaired) electrons. The van der Waals surface area contributed by atoms with Crippen molar-refractivity contribution in [2.24, 2.45) is 0 Å². The van der Waals surface area contributed by atoms with E-state index in [0.717, 1.165) is 24.5 Å². The molecule has 2 rings (SSSR count). The minimum absolute atomic E-state index is 0.205. The van der Waals surface area contributed by atoms with Crippen LogP contribution in [0.25, 0.3) is 0 Å². The van der Waals surface area contributed by atoms with E-state index in [9.17, 15) is 4.39 Å². The Morgan fingerprint density at radius 1 is 1.15 bits per heavy atom. The quantitative estimate of drug-likeness (QED) is 0.884. The smallest absolute Gasteiger partial charge is 0.125 e. The molecule has 2 nitrogen and oxygen atoms in total. The highest BCUT2D eigenvalue weighted by Gasteiger charge is 2.12. The van der Waals surface area contributed by atoms with Gasteiger partial charge in [0.05, 0.1) is 0 Å². The SMILES string of the molecule is CCN(c1cccc(F)c1)c1ccc(C)cc1CNC. The fourth-order valence-electron chi connectivity index (χ4n) is 2.45. The molecule has 2 aromatic rings. The summed E-state index contributed by atoms with van der Waals surface area (Å²) in [6.45, 7) is 5.75. The number of nitrogens with zero attached hydrogens (tertiary/aromatic N) is 1. The summed E-state index contributed by atoms with van der Waals surface area (Å²) in [5, 5.41) is 3.19. The maximum atomic E-state index is 13.5. The van der Waals surface area contributed by atoms with E-state index in [0.29, 0.717) is 0 Å². The molecule has 0 unspecified atom stereocenters. The first-order valence-corrected chi connectivity index (χ1v) is 6.93. The maximum Gasteiger partial charge on any atom is 0.125 e. The van der Waals surface area contributed by atoms with Crippen molar-refractivity contribution in [1.29, 1.82) is 0 Å². The molecule has 3 heteroatoms. The van der Waals surface area contributed by atoms with Crippen molar-refractivity contribution in [1.82, 2.24) is 5.32 Å². The van der Waals surface area contributed by atoms with Crippen LogP contribution in [0, 0.1) is 12.7 Å². The van der Waals surface area contributed by atoms with Crippen molar-refractivity contribution in [3.63, 3.8) is 0 Å². The molecule has 0 fully saturated rings. The highest BCUT2D eigenvalue weighted by Crippen LogP contribution is 2.29. The lowest BCUT2D eigenvalue weighted by atomic mass is 10.1. The maximum absolute atomic E-state index is 13.5. The van der Waals surface area contributed by atoms with E-state index >= 15 is 0 Å².